The van der Waals surface area contributed by atoms with Crippen LogP contribution in [0.2, 0.25) is 5.02 Å². The molecule has 0 bridgehead atoms. The van der Waals surface area contributed by atoms with Gasteiger partial charge in [-0.1, -0.05) is 23.7 Å². The van der Waals surface area contributed by atoms with Gasteiger partial charge in [-0.15, -0.1) is 0 Å². The zero-order valence-electron chi connectivity index (χ0n) is 11.3. The minimum Gasteiger partial charge on any atom is -0.478 e. The van der Waals surface area contributed by atoms with Crippen LogP contribution in [0.4, 0.5) is 5.82 Å². The molecule has 0 saturated heterocycles. The summed E-state index contributed by atoms with van der Waals surface area (Å²) in [5.74, 6) is -0.218. The van der Waals surface area contributed by atoms with Crippen LogP contribution in [-0.4, -0.2) is 23.1 Å². The molecule has 104 valence electrons. The van der Waals surface area contributed by atoms with Crippen LogP contribution in [0.3, 0.4) is 0 Å². The number of carbonyl (C=O) groups is 1. The van der Waals surface area contributed by atoms with Crippen molar-refractivity contribution in [2.45, 2.75) is 13.5 Å². The van der Waals surface area contributed by atoms with Crippen molar-refractivity contribution in [3.8, 4) is 0 Å². The molecular formula is C15H15ClN2O2. The fourth-order valence-corrected chi connectivity index (χ4v) is 2.06. The Balaban J connectivity index is 2.17. The summed E-state index contributed by atoms with van der Waals surface area (Å²) in [6.45, 7) is 2.37. The van der Waals surface area contributed by atoms with Gasteiger partial charge in [-0.3, -0.25) is 0 Å². The highest BCUT2D eigenvalue weighted by Crippen LogP contribution is 2.17. The molecule has 0 amide bonds. The van der Waals surface area contributed by atoms with Crippen LogP contribution in [0.25, 0.3) is 0 Å². The van der Waals surface area contributed by atoms with Gasteiger partial charge in [0.25, 0.3) is 0 Å². The second kappa shape index (κ2) is 5.92. The molecule has 0 aliphatic heterocycles. The van der Waals surface area contributed by atoms with Crippen molar-refractivity contribution in [1.82, 2.24) is 4.98 Å². The Kier molecular flexibility index (Phi) is 4.25. The Morgan fingerprint density at radius 3 is 2.45 bits per heavy atom. The molecular weight excluding hydrogens is 276 g/mol. The van der Waals surface area contributed by atoms with E-state index in [2.05, 4.69) is 4.98 Å². The van der Waals surface area contributed by atoms with Gasteiger partial charge in [0, 0.05) is 18.6 Å². The number of nitrogens with zero attached hydrogens (tertiary/aromatic N) is 2. The summed E-state index contributed by atoms with van der Waals surface area (Å²) in [7, 11) is 1.91. The molecule has 2 aromatic rings. The molecule has 0 unspecified atom stereocenters. The number of carboxylic acids is 1. The van der Waals surface area contributed by atoms with Crippen molar-refractivity contribution in [3.05, 3.63) is 58.2 Å². The number of aromatic carboxylic acids is 1. The van der Waals surface area contributed by atoms with Gasteiger partial charge in [0.2, 0.25) is 0 Å². The van der Waals surface area contributed by atoms with E-state index < -0.39 is 5.97 Å². The summed E-state index contributed by atoms with van der Waals surface area (Å²) in [5, 5.41) is 9.70. The number of aryl methyl sites for hydroxylation is 1. The highest BCUT2D eigenvalue weighted by molar-refractivity contribution is 6.30. The monoisotopic (exact) mass is 290 g/mol. The summed E-state index contributed by atoms with van der Waals surface area (Å²) in [5.41, 5.74) is 1.85. The van der Waals surface area contributed by atoms with Crippen LogP contribution < -0.4 is 4.90 Å². The van der Waals surface area contributed by atoms with Crippen LogP contribution in [0.5, 0.6) is 0 Å². The van der Waals surface area contributed by atoms with Crippen molar-refractivity contribution < 1.29 is 9.90 Å². The van der Waals surface area contributed by atoms with Gasteiger partial charge in [0.1, 0.15) is 5.82 Å². The van der Waals surface area contributed by atoms with Crippen LogP contribution in [0.1, 0.15) is 21.6 Å². The summed E-state index contributed by atoms with van der Waals surface area (Å²) >= 11 is 5.85. The Hall–Kier alpha value is -2.07. The number of carboxylic acid groups (broad SMARTS) is 1. The Morgan fingerprint density at radius 2 is 1.90 bits per heavy atom. The number of halogens is 1. The minimum atomic E-state index is -0.957. The SMILES string of the molecule is Cc1nc(N(C)Cc2ccc(Cl)cc2)ccc1C(=O)O. The molecule has 1 heterocycles. The van der Waals surface area contributed by atoms with E-state index in [0.717, 1.165) is 11.4 Å². The maximum atomic E-state index is 11.0. The minimum absolute atomic E-state index is 0.230. The van der Waals surface area contributed by atoms with E-state index in [0.29, 0.717) is 17.3 Å². The number of hydrogen-bond acceptors (Lipinski definition) is 3. The first-order valence-electron chi connectivity index (χ1n) is 6.14. The number of benzene rings is 1. The Morgan fingerprint density at radius 1 is 1.25 bits per heavy atom. The third-order valence-corrected chi connectivity index (χ3v) is 3.28. The second-order valence-electron chi connectivity index (χ2n) is 4.59. The normalized spacial score (nSPS) is 10.3. The third-order valence-electron chi connectivity index (χ3n) is 3.03. The average molecular weight is 291 g/mol. The van der Waals surface area contributed by atoms with E-state index in [1.54, 1.807) is 19.1 Å². The molecule has 0 spiro atoms. The fraction of sp³-hybridized carbons (Fsp3) is 0.200. The fourth-order valence-electron chi connectivity index (χ4n) is 1.93. The van der Waals surface area contributed by atoms with E-state index >= 15 is 0 Å². The van der Waals surface area contributed by atoms with E-state index in [9.17, 15) is 4.79 Å². The van der Waals surface area contributed by atoms with Gasteiger partial charge in [-0.2, -0.15) is 0 Å². The first-order valence-corrected chi connectivity index (χ1v) is 6.51. The molecule has 2 rings (SSSR count). The quantitative estimate of drug-likeness (QED) is 0.938. The molecule has 0 fully saturated rings. The van der Waals surface area contributed by atoms with Crippen LogP contribution >= 0.6 is 11.6 Å². The van der Waals surface area contributed by atoms with Crippen LogP contribution in [-0.2, 0) is 6.54 Å². The maximum Gasteiger partial charge on any atom is 0.337 e. The molecule has 1 aromatic heterocycles. The standard InChI is InChI=1S/C15H15ClN2O2/c1-10-13(15(19)20)7-8-14(17-10)18(2)9-11-3-5-12(16)6-4-11/h3-8H,9H2,1-2H3,(H,19,20). The molecule has 5 heteroatoms. The van der Waals surface area contributed by atoms with Crippen molar-refractivity contribution in [2.24, 2.45) is 0 Å². The lowest BCUT2D eigenvalue weighted by atomic mass is 10.2. The third kappa shape index (κ3) is 3.27. The van der Waals surface area contributed by atoms with E-state index in [1.165, 1.54) is 0 Å². The van der Waals surface area contributed by atoms with Gasteiger partial charge < -0.3 is 10.0 Å². The largest absolute Gasteiger partial charge is 0.478 e. The van der Waals surface area contributed by atoms with Crippen molar-refractivity contribution in [1.29, 1.82) is 0 Å². The van der Waals surface area contributed by atoms with Crippen LogP contribution in [0, 0.1) is 6.92 Å². The average Bonchev–Trinajstić information content (AvgIpc) is 2.40. The number of pyridine rings is 1. The molecule has 0 aliphatic rings. The summed E-state index contributed by atoms with van der Waals surface area (Å²) in [6, 6.07) is 10.9. The van der Waals surface area contributed by atoms with Gasteiger partial charge in [0.05, 0.1) is 11.3 Å². The number of aromatic nitrogens is 1. The van der Waals surface area contributed by atoms with Crippen molar-refractivity contribution in [2.75, 3.05) is 11.9 Å². The summed E-state index contributed by atoms with van der Waals surface area (Å²) in [6.07, 6.45) is 0. The molecule has 0 atom stereocenters. The first kappa shape index (κ1) is 14.3. The van der Waals surface area contributed by atoms with Gasteiger partial charge in [-0.25, -0.2) is 9.78 Å². The summed E-state index contributed by atoms with van der Waals surface area (Å²) in [4.78, 5) is 17.2. The predicted octanol–water partition coefficient (Wildman–Crippen LogP) is 3.38. The molecule has 0 saturated carbocycles. The highest BCUT2D eigenvalue weighted by Gasteiger charge is 2.11. The topological polar surface area (TPSA) is 53.4 Å². The highest BCUT2D eigenvalue weighted by atomic mass is 35.5. The summed E-state index contributed by atoms with van der Waals surface area (Å²) < 4.78 is 0. The van der Waals surface area contributed by atoms with Crippen molar-refractivity contribution in [3.63, 3.8) is 0 Å². The predicted molar refractivity (Wildman–Crippen MR) is 79.5 cm³/mol. The lowest BCUT2D eigenvalue weighted by molar-refractivity contribution is 0.0695. The zero-order valence-corrected chi connectivity index (χ0v) is 12.1. The van der Waals surface area contributed by atoms with Gasteiger partial charge in [0.15, 0.2) is 0 Å². The van der Waals surface area contributed by atoms with E-state index in [1.807, 2.05) is 36.2 Å². The molecule has 1 aromatic carbocycles. The number of anilines is 1. The van der Waals surface area contributed by atoms with E-state index in [-0.39, 0.29) is 5.56 Å². The maximum absolute atomic E-state index is 11.0. The molecule has 20 heavy (non-hydrogen) atoms. The number of hydrogen-bond donors (Lipinski definition) is 1. The first-order chi connectivity index (χ1) is 9.47. The van der Waals surface area contributed by atoms with Gasteiger partial charge >= 0.3 is 5.97 Å². The zero-order chi connectivity index (χ0) is 14.7. The van der Waals surface area contributed by atoms with E-state index in [4.69, 9.17) is 16.7 Å². The molecule has 0 aliphatic carbocycles. The molecule has 1 N–H and O–H groups in total. The van der Waals surface area contributed by atoms with Crippen molar-refractivity contribution >= 4 is 23.4 Å². The molecule has 4 nitrogen and oxygen atoms in total. The van der Waals surface area contributed by atoms with Crippen LogP contribution in [0.15, 0.2) is 36.4 Å². The number of rotatable bonds is 4. The van der Waals surface area contributed by atoms with Gasteiger partial charge in [-0.05, 0) is 36.8 Å². The smallest absolute Gasteiger partial charge is 0.337 e. The molecule has 0 radical (unpaired) electrons. The second-order valence-corrected chi connectivity index (χ2v) is 5.03. The lowest BCUT2D eigenvalue weighted by Crippen LogP contribution is -2.18. The lowest BCUT2D eigenvalue weighted by Gasteiger charge is -2.19. The Labute approximate surface area is 122 Å². The Bertz CT molecular complexity index is 626.